The van der Waals surface area contributed by atoms with Crippen molar-refractivity contribution in [2.24, 2.45) is 0 Å². The molecule has 0 saturated heterocycles. The molecule has 0 aromatic heterocycles. The highest BCUT2D eigenvalue weighted by atomic mass is 31.2. The number of esters is 1. The molecule has 0 bridgehead atoms. The maximum absolute atomic E-state index is 11.8. The van der Waals surface area contributed by atoms with Crippen molar-refractivity contribution in [3.63, 3.8) is 0 Å². The normalized spacial score (nSPS) is 15.3. The van der Waals surface area contributed by atoms with Gasteiger partial charge in [-0.2, -0.15) is 0 Å². The summed E-state index contributed by atoms with van der Waals surface area (Å²) in [5, 5.41) is 9.81. The Balaban J connectivity index is 3.73. The number of likely N-dealkylation sites (N-methyl/N-ethyl adjacent to an activating group) is 1. The molecule has 0 heterocycles. The van der Waals surface area contributed by atoms with Gasteiger partial charge < -0.3 is 19.2 Å². The van der Waals surface area contributed by atoms with Crippen molar-refractivity contribution in [1.29, 1.82) is 0 Å². The molecule has 0 aliphatic heterocycles. The molecular weight excluding hydrogens is 469 g/mol. The first-order chi connectivity index (χ1) is 16.6. The zero-order chi connectivity index (χ0) is 26.4. The summed E-state index contributed by atoms with van der Waals surface area (Å²) in [5.74, 6) is -0.412. The van der Waals surface area contributed by atoms with Gasteiger partial charge in [-0.05, 0) is 44.9 Å². The summed E-state index contributed by atoms with van der Waals surface area (Å²) in [7, 11) is 1.53. The average Bonchev–Trinajstić information content (AvgIpc) is 2.78. The minimum atomic E-state index is -4.25. The zero-order valence-corrected chi connectivity index (χ0v) is 23.2. The monoisotopic (exact) mass is 518 g/mol. The van der Waals surface area contributed by atoms with Crippen LogP contribution in [0.3, 0.4) is 0 Å². The van der Waals surface area contributed by atoms with Crippen LogP contribution in [0.4, 0.5) is 0 Å². The Morgan fingerprint density at radius 2 is 1.46 bits per heavy atom. The highest BCUT2D eigenvalue weighted by Crippen LogP contribution is 2.43. The number of allylic oxidation sites excluding steroid dienone is 6. The molecule has 0 rings (SSSR count). The Hall–Kier alpha value is -1.28. The van der Waals surface area contributed by atoms with Gasteiger partial charge >= 0.3 is 13.8 Å². The number of unbranched alkanes of at least 4 members (excludes halogenated alkanes) is 5. The van der Waals surface area contributed by atoms with Gasteiger partial charge in [0.1, 0.15) is 25.9 Å². The Morgan fingerprint density at radius 3 is 2.03 bits per heavy atom. The number of phosphoric acid groups is 1. The second-order valence-electron chi connectivity index (χ2n) is 9.58. The van der Waals surface area contributed by atoms with E-state index in [0.717, 1.165) is 25.7 Å². The third kappa shape index (κ3) is 25.6. The van der Waals surface area contributed by atoms with Crippen LogP contribution in [0.5, 0.6) is 0 Å². The van der Waals surface area contributed by atoms with E-state index in [9.17, 15) is 19.4 Å². The van der Waals surface area contributed by atoms with Gasteiger partial charge in [0.05, 0.1) is 27.7 Å². The summed E-state index contributed by atoms with van der Waals surface area (Å²) in [4.78, 5) is 21.4. The van der Waals surface area contributed by atoms with Crippen LogP contribution in [-0.2, 0) is 23.1 Å². The van der Waals surface area contributed by atoms with Crippen LogP contribution < -0.4 is 0 Å². The summed E-state index contributed by atoms with van der Waals surface area (Å²) >= 11 is 0. The Labute approximate surface area is 212 Å². The number of aliphatic hydroxyl groups is 1. The van der Waals surface area contributed by atoms with Gasteiger partial charge in [-0.1, -0.05) is 56.2 Å². The van der Waals surface area contributed by atoms with E-state index in [2.05, 4.69) is 43.4 Å². The fourth-order valence-corrected chi connectivity index (χ4v) is 3.53. The number of phosphoric ester groups is 1. The molecule has 0 aliphatic carbocycles. The van der Waals surface area contributed by atoms with Crippen LogP contribution in [0.2, 0.25) is 0 Å². The minimum absolute atomic E-state index is 0.0467. The third-order valence-electron chi connectivity index (χ3n) is 4.90. The van der Waals surface area contributed by atoms with Crippen LogP contribution in [-0.4, -0.2) is 74.1 Å². The molecule has 35 heavy (non-hydrogen) atoms. The predicted octanol–water partition coefficient (Wildman–Crippen LogP) is 5.32. The number of carbonyl (C=O) groups excluding carboxylic acids is 1. The number of carbonyl (C=O) groups is 1. The standard InChI is InChI=1S/C26H48NO7P/c1-5-6-7-8-9-10-11-12-13-14-15-16-17-18-19-20-26(29)32-23-25(28)24-34-35(30,31)33-22-21-27(2,3)4/h9-10,12-13,15-16,25,28H,5-8,11,14,17-24H2,1-4H3/p+1/b10-9+,13-12+,16-15+. The van der Waals surface area contributed by atoms with Gasteiger partial charge in [0.15, 0.2) is 0 Å². The van der Waals surface area contributed by atoms with Gasteiger partial charge in [-0.25, -0.2) is 4.57 Å². The van der Waals surface area contributed by atoms with E-state index < -0.39 is 26.5 Å². The van der Waals surface area contributed by atoms with Crippen molar-refractivity contribution in [2.45, 2.75) is 77.2 Å². The SMILES string of the molecule is CCCCC/C=C/C/C=C/C/C=C/CCCCC(=O)OCC(O)COP(=O)(O)OCC[N+](C)(C)C. The molecule has 0 radical (unpaired) electrons. The Kier molecular flexibility index (Phi) is 20.1. The summed E-state index contributed by atoms with van der Waals surface area (Å²) in [5.41, 5.74) is 0. The van der Waals surface area contributed by atoms with Crippen LogP contribution in [0.1, 0.15) is 71.1 Å². The highest BCUT2D eigenvalue weighted by molar-refractivity contribution is 7.47. The van der Waals surface area contributed by atoms with E-state index in [1.165, 1.54) is 25.7 Å². The van der Waals surface area contributed by atoms with Crippen molar-refractivity contribution in [1.82, 2.24) is 0 Å². The smallest absolute Gasteiger partial charge is 0.463 e. The third-order valence-corrected chi connectivity index (χ3v) is 5.89. The second-order valence-corrected chi connectivity index (χ2v) is 11.0. The quantitative estimate of drug-likeness (QED) is 0.0657. The van der Waals surface area contributed by atoms with E-state index in [1.807, 2.05) is 21.1 Å². The summed E-state index contributed by atoms with van der Waals surface area (Å²) < 4.78 is 27.0. The van der Waals surface area contributed by atoms with E-state index >= 15 is 0 Å². The van der Waals surface area contributed by atoms with Crippen molar-refractivity contribution in [3.05, 3.63) is 36.5 Å². The second kappa shape index (κ2) is 20.9. The van der Waals surface area contributed by atoms with Crippen LogP contribution >= 0.6 is 7.82 Å². The first-order valence-corrected chi connectivity index (χ1v) is 14.3. The molecular formula is C26H49NO7P+. The van der Waals surface area contributed by atoms with E-state index in [4.69, 9.17) is 13.8 Å². The highest BCUT2D eigenvalue weighted by Gasteiger charge is 2.24. The predicted molar refractivity (Wildman–Crippen MR) is 141 cm³/mol. The van der Waals surface area contributed by atoms with Gasteiger partial charge in [0, 0.05) is 6.42 Å². The number of rotatable bonds is 22. The molecule has 2 atom stereocenters. The molecule has 0 aromatic rings. The van der Waals surface area contributed by atoms with Gasteiger partial charge in [0.2, 0.25) is 0 Å². The maximum atomic E-state index is 11.8. The molecule has 0 fully saturated rings. The fraction of sp³-hybridized carbons (Fsp3) is 0.731. The van der Waals surface area contributed by atoms with Crippen molar-refractivity contribution < 1.29 is 37.6 Å². The molecule has 0 aromatic carbocycles. The van der Waals surface area contributed by atoms with E-state index in [1.54, 1.807) is 0 Å². The molecule has 0 spiro atoms. The lowest BCUT2D eigenvalue weighted by Crippen LogP contribution is -2.37. The van der Waals surface area contributed by atoms with Crippen LogP contribution in [0, 0.1) is 0 Å². The fourth-order valence-electron chi connectivity index (χ4n) is 2.78. The van der Waals surface area contributed by atoms with E-state index in [0.29, 0.717) is 17.4 Å². The number of hydrogen-bond donors (Lipinski definition) is 2. The number of ether oxygens (including phenoxy) is 1. The van der Waals surface area contributed by atoms with Gasteiger partial charge in [-0.3, -0.25) is 13.8 Å². The average molecular weight is 519 g/mol. The van der Waals surface area contributed by atoms with Gasteiger partial charge in [0.25, 0.3) is 0 Å². The summed E-state index contributed by atoms with van der Waals surface area (Å²) in [6, 6.07) is 0. The van der Waals surface area contributed by atoms with Crippen molar-refractivity contribution in [3.8, 4) is 0 Å². The van der Waals surface area contributed by atoms with Crippen LogP contribution in [0.25, 0.3) is 0 Å². The van der Waals surface area contributed by atoms with Crippen molar-refractivity contribution >= 4 is 13.8 Å². The number of quaternary nitrogens is 1. The lowest BCUT2D eigenvalue weighted by atomic mass is 10.1. The Bertz CT molecular complexity index is 671. The molecule has 204 valence electrons. The first-order valence-electron chi connectivity index (χ1n) is 12.8. The summed E-state index contributed by atoms with van der Waals surface area (Å²) in [6.45, 7) is 2.04. The van der Waals surface area contributed by atoms with E-state index in [-0.39, 0.29) is 19.6 Å². The van der Waals surface area contributed by atoms with Crippen molar-refractivity contribution in [2.75, 3.05) is 47.5 Å². The zero-order valence-electron chi connectivity index (χ0n) is 22.3. The maximum Gasteiger partial charge on any atom is 0.472 e. The lowest BCUT2D eigenvalue weighted by molar-refractivity contribution is -0.870. The largest absolute Gasteiger partial charge is 0.472 e. The molecule has 0 saturated carbocycles. The topological polar surface area (TPSA) is 102 Å². The lowest BCUT2D eigenvalue weighted by Gasteiger charge is -2.24. The summed E-state index contributed by atoms with van der Waals surface area (Å²) in [6.07, 6.45) is 21.5. The minimum Gasteiger partial charge on any atom is -0.463 e. The molecule has 9 heteroatoms. The first kappa shape index (κ1) is 33.7. The molecule has 2 N–H and O–H groups in total. The van der Waals surface area contributed by atoms with Crippen LogP contribution in [0.15, 0.2) is 36.5 Å². The number of aliphatic hydroxyl groups excluding tert-OH is 1. The molecule has 0 aliphatic rings. The molecule has 0 amide bonds. The molecule has 8 nitrogen and oxygen atoms in total. The number of hydrogen-bond acceptors (Lipinski definition) is 6. The Morgan fingerprint density at radius 1 is 0.886 bits per heavy atom. The van der Waals surface area contributed by atoms with Gasteiger partial charge in [-0.15, -0.1) is 0 Å². The number of nitrogens with zero attached hydrogens (tertiary/aromatic N) is 1. The molecule has 2 unspecified atom stereocenters.